The van der Waals surface area contributed by atoms with Crippen molar-refractivity contribution in [1.29, 1.82) is 0 Å². The molecule has 1 atom stereocenters. The van der Waals surface area contributed by atoms with Gasteiger partial charge in [0.1, 0.15) is 5.75 Å². The van der Waals surface area contributed by atoms with Crippen molar-refractivity contribution >= 4 is 5.91 Å². The average Bonchev–Trinajstić information content (AvgIpc) is 2.62. The van der Waals surface area contributed by atoms with Crippen LogP contribution in [0.15, 0.2) is 24.3 Å². The van der Waals surface area contributed by atoms with Gasteiger partial charge in [0.15, 0.2) is 0 Å². The fraction of sp³-hybridized carbons (Fsp3) is 0.588. The summed E-state index contributed by atoms with van der Waals surface area (Å²) in [6.45, 7) is 5.83. The standard InChI is InChI=1S/C17H25NO3/c1-3-21-15-7-5-14(6-8-15)13-16(19)18-11-4-9-17(2,20)10-12-18/h5-8,20H,3-4,9-13H2,1-2H3/t17-/m1/s1. The highest BCUT2D eigenvalue weighted by molar-refractivity contribution is 5.78. The lowest BCUT2D eigenvalue weighted by atomic mass is 9.98. The normalized spacial score (nSPS) is 22.7. The van der Waals surface area contributed by atoms with Crippen LogP contribution in [0.4, 0.5) is 0 Å². The highest BCUT2D eigenvalue weighted by atomic mass is 16.5. The summed E-state index contributed by atoms with van der Waals surface area (Å²) in [5, 5.41) is 10.1. The minimum absolute atomic E-state index is 0.136. The summed E-state index contributed by atoms with van der Waals surface area (Å²) in [5.74, 6) is 0.969. The summed E-state index contributed by atoms with van der Waals surface area (Å²) >= 11 is 0. The number of nitrogens with zero attached hydrogens (tertiary/aromatic N) is 1. The fourth-order valence-corrected chi connectivity index (χ4v) is 2.67. The van der Waals surface area contributed by atoms with Crippen molar-refractivity contribution < 1.29 is 14.6 Å². The number of carbonyl (C=O) groups excluding carboxylic acids is 1. The van der Waals surface area contributed by atoms with Gasteiger partial charge >= 0.3 is 0 Å². The summed E-state index contributed by atoms with van der Waals surface area (Å²) in [5.41, 5.74) is 0.369. The molecule has 1 aromatic carbocycles. The summed E-state index contributed by atoms with van der Waals surface area (Å²) in [4.78, 5) is 14.2. The third kappa shape index (κ3) is 4.74. The number of rotatable bonds is 4. The van der Waals surface area contributed by atoms with E-state index in [0.717, 1.165) is 30.7 Å². The van der Waals surface area contributed by atoms with Gasteiger partial charge in [-0.15, -0.1) is 0 Å². The molecule has 0 aliphatic carbocycles. The van der Waals surface area contributed by atoms with Crippen LogP contribution in [0.1, 0.15) is 38.7 Å². The molecule has 4 nitrogen and oxygen atoms in total. The Kier molecular flexibility index (Phi) is 5.23. The Morgan fingerprint density at radius 2 is 2.00 bits per heavy atom. The van der Waals surface area contributed by atoms with E-state index in [9.17, 15) is 9.90 Å². The molecule has 1 amide bonds. The van der Waals surface area contributed by atoms with Gasteiger partial charge in [-0.25, -0.2) is 0 Å². The predicted octanol–water partition coefficient (Wildman–Crippen LogP) is 2.39. The minimum atomic E-state index is -0.631. The van der Waals surface area contributed by atoms with Gasteiger partial charge in [-0.05, 0) is 50.8 Å². The van der Waals surface area contributed by atoms with Crippen LogP contribution in [-0.4, -0.2) is 41.2 Å². The van der Waals surface area contributed by atoms with E-state index in [1.807, 2.05) is 43.0 Å². The van der Waals surface area contributed by atoms with Crippen LogP contribution in [0.3, 0.4) is 0 Å². The molecule has 4 heteroatoms. The zero-order valence-corrected chi connectivity index (χ0v) is 13.0. The van der Waals surface area contributed by atoms with Crippen LogP contribution >= 0.6 is 0 Å². The number of likely N-dealkylation sites (tertiary alicyclic amines) is 1. The molecule has 2 rings (SSSR count). The van der Waals surface area contributed by atoms with Gasteiger partial charge in [0.2, 0.25) is 5.91 Å². The van der Waals surface area contributed by atoms with Crippen molar-refractivity contribution in [3.05, 3.63) is 29.8 Å². The number of benzene rings is 1. The van der Waals surface area contributed by atoms with E-state index in [4.69, 9.17) is 4.74 Å². The topological polar surface area (TPSA) is 49.8 Å². The maximum absolute atomic E-state index is 12.4. The molecule has 0 spiro atoms. The van der Waals surface area contributed by atoms with Gasteiger partial charge in [-0.3, -0.25) is 4.79 Å². The second-order valence-corrected chi connectivity index (χ2v) is 5.99. The van der Waals surface area contributed by atoms with E-state index in [-0.39, 0.29) is 5.91 Å². The first-order valence-electron chi connectivity index (χ1n) is 7.72. The van der Waals surface area contributed by atoms with Gasteiger partial charge in [0, 0.05) is 13.1 Å². The number of amides is 1. The second-order valence-electron chi connectivity index (χ2n) is 5.99. The largest absolute Gasteiger partial charge is 0.494 e. The Hall–Kier alpha value is -1.55. The van der Waals surface area contributed by atoms with Crippen molar-refractivity contribution in [3.63, 3.8) is 0 Å². The quantitative estimate of drug-likeness (QED) is 0.926. The van der Waals surface area contributed by atoms with Crippen LogP contribution in [-0.2, 0) is 11.2 Å². The van der Waals surface area contributed by atoms with E-state index in [0.29, 0.717) is 26.0 Å². The lowest BCUT2D eigenvalue weighted by molar-refractivity contribution is -0.130. The third-order valence-corrected chi connectivity index (χ3v) is 4.01. The molecule has 1 aromatic rings. The molecule has 0 radical (unpaired) electrons. The van der Waals surface area contributed by atoms with Crippen molar-refractivity contribution in [2.75, 3.05) is 19.7 Å². The van der Waals surface area contributed by atoms with Gasteiger partial charge in [-0.2, -0.15) is 0 Å². The van der Waals surface area contributed by atoms with Gasteiger partial charge < -0.3 is 14.7 Å². The first-order valence-corrected chi connectivity index (χ1v) is 7.72. The number of ether oxygens (including phenoxy) is 1. The molecular weight excluding hydrogens is 266 g/mol. The zero-order valence-electron chi connectivity index (χ0n) is 13.0. The van der Waals surface area contributed by atoms with E-state index in [2.05, 4.69) is 0 Å². The van der Waals surface area contributed by atoms with Crippen molar-refractivity contribution in [2.45, 2.75) is 45.1 Å². The Morgan fingerprint density at radius 1 is 1.29 bits per heavy atom. The lowest BCUT2D eigenvalue weighted by Crippen LogP contribution is -2.34. The monoisotopic (exact) mass is 291 g/mol. The molecule has 1 fully saturated rings. The summed E-state index contributed by atoms with van der Waals surface area (Å²) in [6, 6.07) is 7.69. The number of hydrogen-bond acceptors (Lipinski definition) is 3. The van der Waals surface area contributed by atoms with Crippen LogP contribution in [0, 0.1) is 0 Å². The van der Waals surface area contributed by atoms with E-state index < -0.39 is 5.60 Å². The van der Waals surface area contributed by atoms with E-state index >= 15 is 0 Å². The van der Waals surface area contributed by atoms with Crippen LogP contribution < -0.4 is 4.74 Å². The van der Waals surface area contributed by atoms with Gasteiger partial charge in [0.05, 0.1) is 18.6 Å². The molecule has 1 saturated heterocycles. The smallest absolute Gasteiger partial charge is 0.226 e. The van der Waals surface area contributed by atoms with Crippen LogP contribution in [0.25, 0.3) is 0 Å². The first-order chi connectivity index (χ1) is 10.00. The minimum Gasteiger partial charge on any atom is -0.494 e. The molecule has 116 valence electrons. The Bertz CT molecular complexity index is 467. The maximum Gasteiger partial charge on any atom is 0.226 e. The van der Waals surface area contributed by atoms with Gasteiger partial charge in [-0.1, -0.05) is 12.1 Å². The number of carbonyl (C=O) groups is 1. The molecule has 1 heterocycles. The Labute approximate surface area is 126 Å². The highest BCUT2D eigenvalue weighted by Gasteiger charge is 2.26. The van der Waals surface area contributed by atoms with Crippen molar-refractivity contribution in [3.8, 4) is 5.75 Å². The SMILES string of the molecule is CCOc1ccc(CC(=O)N2CCC[C@@](C)(O)CC2)cc1. The van der Waals surface area contributed by atoms with Crippen molar-refractivity contribution in [1.82, 2.24) is 4.90 Å². The molecule has 0 saturated carbocycles. The first kappa shape index (κ1) is 15.8. The molecule has 21 heavy (non-hydrogen) atoms. The predicted molar refractivity (Wildman–Crippen MR) is 82.4 cm³/mol. The molecule has 0 bridgehead atoms. The number of hydrogen-bond donors (Lipinski definition) is 1. The van der Waals surface area contributed by atoms with Gasteiger partial charge in [0.25, 0.3) is 0 Å². The fourth-order valence-electron chi connectivity index (χ4n) is 2.67. The lowest BCUT2D eigenvalue weighted by Gasteiger charge is -2.22. The molecule has 1 N–H and O–H groups in total. The molecule has 1 aliphatic rings. The summed E-state index contributed by atoms with van der Waals surface area (Å²) in [6.07, 6.45) is 2.69. The zero-order chi connectivity index (χ0) is 15.3. The Balaban J connectivity index is 1.91. The number of aliphatic hydroxyl groups is 1. The van der Waals surface area contributed by atoms with Crippen LogP contribution in [0.2, 0.25) is 0 Å². The molecule has 0 unspecified atom stereocenters. The van der Waals surface area contributed by atoms with Crippen molar-refractivity contribution in [2.24, 2.45) is 0 Å². The third-order valence-electron chi connectivity index (χ3n) is 4.01. The summed E-state index contributed by atoms with van der Waals surface area (Å²) in [7, 11) is 0. The second kappa shape index (κ2) is 6.94. The molecular formula is C17H25NO3. The summed E-state index contributed by atoms with van der Waals surface area (Å²) < 4.78 is 5.40. The average molecular weight is 291 g/mol. The van der Waals surface area contributed by atoms with E-state index in [1.165, 1.54) is 0 Å². The highest BCUT2D eigenvalue weighted by Crippen LogP contribution is 2.22. The van der Waals surface area contributed by atoms with E-state index in [1.54, 1.807) is 0 Å². The van der Waals surface area contributed by atoms with Crippen LogP contribution in [0.5, 0.6) is 5.75 Å². The Morgan fingerprint density at radius 3 is 2.67 bits per heavy atom. The maximum atomic E-state index is 12.4. The molecule has 1 aliphatic heterocycles. The molecule has 0 aromatic heterocycles.